The van der Waals surface area contributed by atoms with Crippen LogP contribution >= 0.6 is 23.1 Å². The average Bonchev–Trinajstić information content (AvgIpc) is 2.94. The maximum absolute atomic E-state index is 13.1. The lowest BCUT2D eigenvalue weighted by Gasteiger charge is -2.06. The van der Waals surface area contributed by atoms with Gasteiger partial charge in [-0.2, -0.15) is 24.9 Å². The molecule has 2 aromatic rings. The van der Waals surface area contributed by atoms with E-state index in [4.69, 9.17) is 0 Å². The number of halogens is 3. The van der Waals surface area contributed by atoms with E-state index in [1.54, 1.807) is 12.1 Å². The van der Waals surface area contributed by atoms with Gasteiger partial charge in [0.05, 0.1) is 0 Å². The van der Waals surface area contributed by atoms with E-state index >= 15 is 0 Å². The van der Waals surface area contributed by atoms with Crippen molar-refractivity contribution in [3.05, 3.63) is 35.1 Å². The average molecular weight is 347 g/mol. The molecule has 2 aromatic heterocycles. The normalized spacial score (nSPS) is 11.5. The Hall–Kier alpha value is -1.61. The van der Waals surface area contributed by atoms with Crippen LogP contribution in [-0.4, -0.2) is 34.4 Å². The minimum Gasteiger partial charge on any atom is -0.350 e. The van der Waals surface area contributed by atoms with Gasteiger partial charge in [0, 0.05) is 30.3 Å². The topological polar surface area (TPSA) is 54.9 Å². The van der Waals surface area contributed by atoms with E-state index in [-0.39, 0.29) is 5.01 Å². The summed E-state index contributed by atoms with van der Waals surface area (Å²) in [6.45, 7) is 0.303. The maximum Gasteiger partial charge on any atom is 0.435 e. The molecule has 1 amide bonds. The number of nitrogens with one attached hydrogen (secondary N) is 1. The van der Waals surface area contributed by atoms with E-state index < -0.39 is 22.7 Å². The second-order valence-corrected chi connectivity index (χ2v) is 6.17. The van der Waals surface area contributed by atoms with Crippen LogP contribution < -0.4 is 5.32 Å². The van der Waals surface area contributed by atoms with Gasteiger partial charge in [-0.25, -0.2) is 4.98 Å². The van der Waals surface area contributed by atoms with Crippen molar-refractivity contribution in [1.82, 2.24) is 15.3 Å². The molecule has 9 heteroatoms. The maximum atomic E-state index is 13.1. The van der Waals surface area contributed by atoms with Crippen LogP contribution in [0.2, 0.25) is 0 Å². The molecule has 118 valence electrons. The molecule has 0 saturated carbocycles. The number of carbonyl (C=O) groups excluding carboxylic acids is 1. The number of thioether (sulfide) groups is 1. The summed E-state index contributed by atoms with van der Waals surface area (Å²) in [6, 6.07) is 3.20. The standard InChI is InChI=1S/C13H12F3N3OS2/c1-21-6-5-18-11(20)9-10(13(14,15)16)19-12(22-9)8-3-2-4-17-7-8/h2-4,7H,5-6H2,1H3,(H,18,20). The number of hydrogen-bond donors (Lipinski definition) is 1. The second-order valence-electron chi connectivity index (χ2n) is 4.18. The Morgan fingerprint density at radius 1 is 1.45 bits per heavy atom. The fourth-order valence-corrected chi connectivity index (χ4v) is 2.92. The summed E-state index contributed by atoms with van der Waals surface area (Å²) in [6.07, 6.45) is 0.0931. The summed E-state index contributed by atoms with van der Waals surface area (Å²) >= 11 is 2.21. The fraction of sp³-hybridized carbons (Fsp3) is 0.308. The first kappa shape index (κ1) is 16.8. The van der Waals surface area contributed by atoms with Crippen LogP contribution in [0, 0.1) is 0 Å². The molecule has 0 atom stereocenters. The lowest BCUT2D eigenvalue weighted by Crippen LogP contribution is -2.27. The number of hydrogen-bond acceptors (Lipinski definition) is 5. The molecule has 0 radical (unpaired) electrons. The predicted octanol–water partition coefficient (Wildman–Crippen LogP) is 3.32. The summed E-state index contributed by atoms with van der Waals surface area (Å²) in [4.78, 5) is 19.0. The number of carbonyl (C=O) groups is 1. The van der Waals surface area contributed by atoms with Crippen molar-refractivity contribution in [3.8, 4) is 10.6 Å². The van der Waals surface area contributed by atoms with Gasteiger partial charge in [0.25, 0.3) is 5.91 Å². The van der Waals surface area contributed by atoms with Gasteiger partial charge in [0.15, 0.2) is 5.69 Å². The molecule has 0 aliphatic heterocycles. The highest BCUT2D eigenvalue weighted by atomic mass is 32.2. The Morgan fingerprint density at radius 3 is 2.82 bits per heavy atom. The minimum atomic E-state index is -4.68. The van der Waals surface area contributed by atoms with Crippen LogP contribution in [0.1, 0.15) is 15.4 Å². The zero-order valence-electron chi connectivity index (χ0n) is 11.5. The first-order chi connectivity index (χ1) is 10.4. The number of rotatable bonds is 5. The molecule has 1 N–H and O–H groups in total. The number of pyridine rings is 1. The van der Waals surface area contributed by atoms with Gasteiger partial charge in [-0.1, -0.05) is 0 Å². The van der Waals surface area contributed by atoms with Gasteiger partial charge in [0.2, 0.25) is 0 Å². The van der Waals surface area contributed by atoms with Gasteiger partial charge < -0.3 is 5.32 Å². The Kier molecular flexibility index (Phi) is 5.41. The number of aromatic nitrogens is 2. The molecule has 2 rings (SSSR count). The molecular formula is C13H12F3N3OS2. The first-order valence-electron chi connectivity index (χ1n) is 6.19. The number of amides is 1. The highest BCUT2D eigenvalue weighted by Gasteiger charge is 2.39. The fourth-order valence-electron chi connectivity index (χ4n) is 1.63. The molecule has 2 heterocycles. The van der Waals surface area contributed by atoms with Crippen LogP contribution in [0.5, 0.6) is 0 Å². The number of alkyl halides is 3. The summed E-state index contributed by atoms with van der Waals surface area (Å²) in [5.41, 5.74) is -0.709. The monoisotopic (exact) mass is 347 g/mol. The van der Waals surface area contributed by atoms with Crippen molar-refractivity contribution in [2.75, 3.05) is 18.6 Å². The molecule has 0 bridgehead atoms. The molecule has 0 aliphatic rings. The summed E-state index contributed by atoms with van der Waals surface area (Å²) in [5.74, 6) is -0.129. The van der Waals surface area contributed by atoms with Crippen molar-refractivity contribution in [2.45, 2.75) is 6.18 Å². The lowest BCUT2D eigenvalue weighted by molar-refractivity contribution is -0.141. The van der Waals surface area contributed by atoms with E-state index in [1.165, 1.54) is 24.2 Å². The van der Waals surface area contributed by atoms with Crippen LogP contribution in [0.25, 0.3) is 10.6 Å². The van der Waals surface area contributed by atoms with E-state index in [2.05, 4.69) is 15.3 Å². The Labute approximate surface area is 133 Å². The predicted molar refractivity (Wildman–Crippen MR) is 81.1 cm³/mol. The van der Waals surface area contributed by atoms with Gasteiger partial charge in [-0.15, -0.1) is 11.3 Å². The third kappa shape index (κ3) is 3.98. The summed E-state index contributed by atoms with van der Waals surface area (Å²) < 4.78 is 39.2. The van der Waals surface area contributed by atoms with Crippen molar-refractivity contribution in [3.63, 3.8) is 0 Å². The van der Waals surface area contributed by atoms with E-state index in [1.807, 2.05) is 6.26 Å². The zero-order valence-corrected chi connectivity index (χ0v) is 13.1. The van der Waals surface area contributed by atoms with Crippen LogP contribution in [0.4, 0.5) is 13.2 Å². The SMILES string of the molecule is CSCCNC(=O)c1sc(-c2cccnc2)nc1C(F)(F)F. The first-order valence-corrected chi connectivity index (χ1v) is 8.40. The Balaban J connectivity index is 2.35. The summed E-state index contributed by atoms with van der Waals surface area (Å²) in [5, 5.41) is 2.59. The van der Waals surface area contributed by atoms with Crippen molar-refractivity contribution in [2.24, 2.45) is 0 Å². The van der Waals surface area contributed by atoms with Crippen molar-refractivity contribution < 1.29 is 18.0 Å². The number of nitrogens with zero attached hydrogens (tertiary/aromatic N) is 2. The van der Waals surface area contributed by atoms with Gasteiger partial charge >= 0.3 is 6.18 Å². The Bertz CT molecular complexity index is 644. The van der Waals surface area contributed by atoms with E-state index in [0.29, 0.717) is 29.2 Å². The van der Waals surface area contributed by atoms with Crippen LogP contribution in [0.15, 0.2) is 24.5 Å². The number of thiazole rings is 1. The third-order valence-corrected chi connectivity index (χ3v) is 4.32. The molecule has 22 heavy (non-hydrogen) atoms. The Morgan fingerprint density at radius 2 is 2.23 bits per heavy atom. The van der Waals surface area contributed by atoms with Crippen molar-refractivity contribution in [1.29, 1.82) is 0 Å². The van der Waals surface area contributed by atoms with E-state index in [0.717, 1.165) is 0 Å². The molecular weight excluding hydrogens is 335 g/mol. The smallest absolute Gasteiger partial charge is 0.350 e. The molecule has 4 nitrogen and oxygen atoms in total. The van der Waals surface area contributed by atoms with Gasteiger partial charge in [0.1, 0.15) is 9.88 Å². The van der Waals surface area contributed by atoms with Crippen LogP contribution in [-0.2, 0) is 6.18 Å². The molecule has 0 aromatic carbocycles. The zero-order chi connectivity index (χ0) is 16.2. The van der Waals surface area contributed by atoms with Gasteiger partial charge in [-0.05, 0) is 18.4 Å². The molecule has 0 saturated heterocycles. The third-order valence-electron chi connectivity index (χ3n) is 2.60. The summed E-state index contributed by atoms with van der Waals surface area (Å²) in [7, 11) is 0. The quantitative estimate of drug-likeness (QED) is 0.843. The largest absolute Gasteiger partial charge is 0.435 e. The highest BCUT2D eigenvalue weighted by molar-refractivity contribution is 7.98. The molecule has 0 unspecified atom stereocenters. The van der Waals surface area contributed by atoms with Crippen molar-refractivity contribution >= 4 is 29.0 Å². The lowest BCUT2D eigenvalue weighted by atomic mass is 10.3. The second kappa shape index (κ2) is 7.10. The van der Waals surface area contributed by atoms with E-state index in [9.17, 15) is 18.0 Å². The highest BCUT2D eigenvalue weighted by Crippen LogP contribution is 2.37. The molecule has 0 fully saturated rings. The van der Waals surface area contributed by atoms with Gasteiger partial charge in [-0.3, -0.25) is 9.78 Å². The minimum absolute atomic E-state index is 0.121. The molecule has 0 spiro atoms. The molecule has 0 aliphatic carbocycles. The van der Waals surface area contributed by atoms with Crippen LogP contribution in [0.3, 0.4) is 0 Å².